The molecule has 0 radical (unpaired) electrons. The van der Waals surface area contributed by atoms with Gasteiger partial charge in [-0.25, -0.2) is 0 Å². The average molecular weight is 354 g/mol. The number of likely N-dealkylation sites (tertiary alicyclic amines) is 1. The molecular weight excluding hydrogens is 318 g/mol. The summed E-state index contributed by atoms with van der Waals surface area (Å²) in [5.41, 5.74) is 5.45. The SMILES string of the molecule is CCNC(=NCCCN1CCCC(C(N)=O)C1)N(C)CC1CCOC1. The van der Waals surface area contributed by atoms with Gasteiger partial charge in [0.15, 0.2) is 5.96 Å². The Balaban J connectivity index is 1.73. The second-order valence-electron chi connectivity index (χ2n) is 7.24. The second kappa shape index (κ2) is 10.6. The number of hydrogen-bond donors (Lipinski definition) is 2. The van der Waals surface area contributed by atoms with Crippen LogP contribution < -0.4 is 11.1 Å². The molecule has 2 fully saturated rings. The van der Waals surface area contributed by atoms with E-state index in [0.717, 1.165) is 84.1 Å². The molecule has 25 heavy (non-hydrogen) atoms. The number of hydrogen-bond acceptors (Lipinski definition) is 4. The molecule has 0 bridgehead atoms. The third-order valence-corrected chi connectivity index (χ3v) is 5.05. The summed E-state index contributed by atoms with van der Waals surface area (Å²) in [6, 6.07) is 0. The van der Waals surface area contributed by atoms with Crippen LogP contribution in [0.25, 0.3) is 0 Å². The predicted octanol–water partition coefficient (Wildman–Crippen LogP) is 0.508. The molecule has 0 aromatic heterocycles. The van der Waals surface area contributed by atoms with E-state index < -0.39 is 0 Å². The number of amides is 1. The molecule has 2 unspecified atom stereocenters. The van der Waals surface area contributed by atoms with Crippen molar-refractivity contribution in [1.82, 2.24) is 15.1 Å². The zero-order valence-corrected chi connectivity index (χ0v) is 15.9. The van der Waals surface area contributed by atoms with Gasteiger partial charge in [-0.1, -0.05) is 0 Å². The molecule has 2 saturated heterocycles. The quantitative estimate of drug-likeness (QED) is 0.377. The van der Waals surface area contributed by atoms with E-state index in [1.165, 1.54) is 0 Å². The number of aliphatic imine (C=N–C) groups is 1. The van der Waals surface area contributed by atoms with Gasteiger partial charge in [-0.05, 0) is 45.7 Å². The standard InChI is InChI=1S/C18H35N5O2/c1-3-20-18(22(2)12-15-7-11-25-14-15)21-8-5-10-23-9-4-6-16(13-23)17(19)24/h15-16H,3-14H2,1-2H3,(H2,19,24)(H,20,21). The number of guanidine groups is 1. The Kier molecular flexibility index (Phi) is 8.48. The minimum atomic E-state index is -0.158. The Morgan fingerprint density at radius 1 is 1.44 bits per heavy atom. The molecule has 7 heteroatoms. The van der Waals surface area contributed by atoms with Crippen molar-refractivity contribution in [3.05, 3.63) is 0 Å². The molecule has 1 amide bonds. The van der Waals surface area contributed by atoms with E-state index in [1.807, 2.05) is 0 Å². The highest BCUT2D eigenvalue weighted by Crippen LogP contribution is 2.16. The van der Waals surface area contributed by atoms with Crippen molar-refractivity contribution in [3.8, 4) is 0 Å². The summed E-state index contributed by atoms with van der Waals surface area (Å²) in [5, 5.41) is 3.38. The fraction of sp³-hybridized carbons (Fsp3) is 0.889. The summed E-state index contributed by atoms with van der Waals surface area (Å²) >= 11 is 0. The Morgan fingerprint density at radius 2 is 2.28 bits per heavy atom. The monoisotopic (exact) mass is 353 g/mol. The molecule has 3 N–H and O–H groups in total. The van der Waals surface area contributed by atoms with Crippen molar-refractivity contribution < 1.29 is 9.53 Å². The summed E-state index contributed by atoms with van der Waals surface area (Å²) in [4.78, 5) is 20.7. The summed E-state index contributed by atoms with van der Waals surface area (Å²) in [6.07, 6.45) is 4.14. The van der Waals surface area contributed by atoms with Gasteiger partial charge in [0.25, 0.3) is 0 Å². The number of primary amides is 1. The molecule has 0 aliphatic carbocycles. The maximum absolute atomic E-state index is 11.4. The van der Waals surface area contributed by atoms with E-state index in [2.05, 4.69) is 29.1 Å². The van der Waals surface area contributed by atoms with Gasteiger partial charge in [-0.3, -0.25) is 9.79 Å². The van der Waals surface area contributed by atoms with Crippen LogP contribution in [-0.4, -0.2) is 81.2 Å². The van der Waals surface area contributed by atoms with Gasteiger partial charge < -0.3 is 25.6 Å². The van der Waals surface area contributed by atoms with Gasteiger partial charge in [0, 0.05) is 45.8 Å². The Morgan fingerprint density at radius 3 is 2.96 bits per heavy atom. The molecule has 2 atom stereocenters. The minimum absolute atomic E-state index is 0.0225. The average Bonchev–Trinajstić information content (AvgIpc) is 3.10. The Hall–Kier alpha value is -1.34. The normalized spacial score (nSPS) is 25.1. The zero-order valence-electron chi connectivity index (χ0n) is 15.9. The number of carbonyl (C=O) groups is 1. The first-order chi connectivity index (χ1) is 12.1. The van der Waals surface area contributed by atoms with Crippen LogP contribution in [0.15, 0.2) is 4.99 Å². The molecule has 2 aliphatic heterocycles. The lowest BCUT2D eigenvalue weighted by Crippen LogP contribution is -2.42. The highest BCUT2D eigenvalue weighted by molar-refractivity contribution is 5.79. The number of ether oxygens (including phenoxy) is 1. The van der Waals surface area contributed by atoms with E-state index in [9.17, 15) is 4.79 Å². The molecule has 0 spiro atoms. The van der Waals surface area contributed by atoms with Gasteiger partial charge >= 0.3 is 0 Å². The van der Waals surface area contributed by atoms with E-state index in [-0.39, 0.29) is 11.8 Å². The number of carbonyl (C=O) groups excluding carboxylic acids is 1. The molecule has 2 aliphatic rings. The summed E-state index contributed by atoms with van der Waals surface area (Å²) in [5.74, 6) is 1.44. The van der Waals surface area contributed by atoms with Crippen LogP contribution in [0.3, 0.4) is 0 Å². The van der Waals surface area contributed by atoms with Gasteiger partial charge in [-0.15, -0.1) is 0 Å². The lowest BCUT2D eigenvalue weighted by molar-refractivity contribution is -0.123. The van der Waals surface area contributed by atoms with Crippen LogP contribution in [0.4, 0.5) is 0 Å². The lowest BCUT2D eigenvalue weighted by Gasteiger charge is -2.31. The summed E-state index contributed by atoms with van der Waals surface area (Å²) < 4.78 is 5.46. The number of nitrogens with zero attached hydrogens (tertiary/aromatic N) is 3. The summed E-state index contributed by atoms with van der Waals surface area (Å²) in [6.45, 7) is 9.34. The molecule has 7 nitrogen and oxygen atoms in total. The topological polar surface area (TPSA) is 83.2 Å². The third-order valence-electron chi connectivity index (χ3n) is 5.05. The van der Waals surface area contributed by atoms with Crippen LogP contribution in [0.2, 0.25) is 0 Å². The van der Waals surface area contributed by atoms with Crippen molar-refractivity contribution in [2.75, 3.05) is 59.5 Å². The predicted molar refractivity (Wildman–Crippen MR) is 101 cm³/mol. The minimum Gasteiger partial charge on any atom is -0.381 e. The van der Waals surface area contributed by atoms with Gasteiger partial charge in [-0.2, -0.15) is 0 Å². The van der Waals surface area contributed by atoms with Crippen LogP contribution in [0.5, 0.6) is 0 Å². The molecular formula is C18H35N5O2. The molecule has 2 rings (SSSR count). The smallest absolute Gasteiger partial charge is 0.221 e. The van der Waals surface area contributed by atoms with Crippen molar-refractivity contribution >= 4 is 11.9 Å². The maximum atomic E-state index is 11.4. The first-order valence-electron chi connectivity index (χ1n) is 9.69. The second-order valence-corrected chi connectivity index (χ2v) is 7.24. The fourth-order valence-corrected chi connectivity index (χ4v) is 3.64. The van der Waals surface area contributed by atoms with Crippen molar-refractivity contribution in [2.45, 2.75) is 32.6 Å². The van der Waals surface area contributed by atoms with Gasteiger partial charge in [0.1, 0.15) is 0 Å². The van der Waals surface area contributed by atoms with Crippen molar-refractivity contribution in [2.24, 2.45) is 22.6 Å². The largest absolute Gasteiger partial charge is 0.381 e. The highest BCUT2D eigenvalue weighted by atomic mass is 16.5. The van der Waals surface area contributed by atoms with Crippen LogP contribution in [-0.2, 0) is 9.53 Å². The highest BCUT2D eigenvalue weighted by Gasteiger charge is 2.23. The lowest BCUT2D eigenvalue weighted by atomic mass is 9.97. The van der Waals surface area contributed by atoms with Crippen LogP contribution in [0, 0.1) is 11.8 Å². The Bertz CT molecular complexity index is 437. The number of rotatable bonds is 8. The molecule has 0 saturated carbocycles. The van der Waals surface area contributed by atoms with E-state index in [0.29, 0.717) is 5.92 Å². The molecule has 144 valence electrons. The van der Waals surface area contributed by atoms with Gasteiger partial charge in [0.05, 0.1) is 12.5 Å². The Labute approximate surface area is 152 Å². The zero-order chi connectivity index (χ0) is 18.1. The fourth-order valence-electron chi connectivity index (χ4n) is 3.64. The van der Waals surface area contributed by atoms with Crippen molar-refractivity contribution in [1.29, 1.82) is 0 Å². The first kappa shape index (κ1) is 20.0. The van der Waals surface area contributed by atoms with Crippen LogP contribution in [0.1, 0.15) is 32.6 Å². The van der Waals surface area contributed by atoms with Gasteiger partial charge in [0.2, 0.25) is 5.91 Å². The molecule has 0 aromatic carbocycles. The number of piperidine rings is 1. The maximum Gasteiger partial charge on any atom is 0.221 e. The van der Waals surface area contributed by atoms with Crippen molar-refractivity contribution in [3.63, 3.8) is 0 Å². The van der Waals surface area contributed by atoms with E-state index in [1.54, 1.807) is 0 Å². The molecule has 2 heterocycles. The molecule has 0 aromatic rings. The van der Waals surface area contributed by atoms with E-state index >= 15 is 0 Å². The summed E-state index contributed by atoms with van der Waals surface area (Å²) in [7, 11) is 2.10. The van der Waals surface area contributed by atoms with E-state index in [4.69, 9.17) is 15.5 Å². The number of nitrogens with one attached hydrogen (secondary N) is 1. The number of nitrogens with two attached hydrogens (primary N) is 1. The van der Waals surface area contributed by atoms with Crippen LogP contribution >= 0.6 is 0 Å². The third kappa shape index (κ3) is 6.82. The first-order valence-corrected chi connectivity index (χ1v) is 9.69.